The van der Waals surface area contributed by atoms with E-state index >= 15 is 0 Å². The normalized spacial score (nSPS) is 19.3. The van der Waals surface area contributed by atoms with Crippen LogP contribution in [0.4, 0.5) is 0 Å². The van der Waals surface area contributed by atoms with Crippen molar-refractivity contribution in [2.24, 2.45) is 11.0 Å². The van der Waals surface area contributed by atoms with Crippen molar-refractivity contribution in [3.8, 4) is 0 Å². The van der Waals surface area contributed by atoms with Crippen LogP contribution >= 0.6 is 0 Å². The summed E-state index contributed by atoms with van der Waals surface area (Å²) in [6.45, 7) is 5.70. The lowest BCUT2D eigenvalue weighted by atomic mass is 10.1. The van der Waals surface area contributed by atoms with Crippen molar-refractivity contribution in [3.63, 3.8) is 0 Å². The fourth-order valence-corrected chi connectivity index (χ4v) is 4.21. The summed E-state index contributed by atoms with van der Waals surface area (Å²) in [7, 11) is 0. The topological polar surface area (TPSA) is 62.2 Å². The van der Waals surface area contributed by atoms with E-state index in [-0.39, 0.29) is 11.9 Å². The molecular formula is C24H27N3O3. The minimum Gasteiger partial charge on any atom is -0.467 e. The second-order valence-electron chi connectivity index (χ2n) is 8.72. The Bertz CT molecular complexity index is 1030. The van der Waals surface area contributed by atoms with Crippen molar-refractivity contribution in [2.75, 3.05) is 13.1 Å². The van der Waals surface area contributed by atoms with Crippen molar-refractivity contribution >= 4 is 22.6 Å². The van der Waals surface area contributed by atoms with E-state index in [1.165, 1.54) is 12.8 Å². The molecule has 0 bridgehead atoms. The number of carbonyl (C=O) groups is 1. The minimum absolute atomic E-state index is 0.00932. The van der Waals surface area contributed by atoms with Crippen LogP contribution in [0.5, 0.6) is 0 Å². The molecule has 6 heteroatoms. The van der Waals surface area contributed by atoms with Gasteiger partial charge in [-0.1, -0.05) is 32.0 Å². The van der Waals surface area contributed by atoms with Crippen LogP contribution in [0.1, 0.15) is 50.7 Å². The summed E-state index contributed by atoms with van der Waals surface area (Å²) in [6, 6.07) is 14.0. The highest BCUT2D eigenvalue weighted by atomic mass is 16.3. The van der Waals surface area contributed by atoms with Crippen LogP contribution in [0.15, 0.2) is 62.7 Å². The summed E-state index contributed by atoms with van der Waals surface area (Å²) in [4.78, 5) is 15.6. The molecule has 0 spiro atoms. The van der Waals surface area contributed by atoms with E-state index in [0.717, 1.165) is 29.0 Å². The van der Waals surface area contributed by atoms with Crippen molar-refractivity contribution in [1.82, 2.24) is 9.91 Å². The van der Waals surface area contributed by atoms with Crippen molar-refractivity contribution in [1.29, 1.82) is 0 Å². The summed E-state index contributed by atoms with van der Waals surface area (Å²) in [5, 5.41) is 7.36. The molecule has 0 radical (unpaired) electrons. The summed E-state index contributed by atoms with van der Waals surface area (Å²) < 4.78 is 11.7. The Morgan fingerprint density at radius 3 is 2.77 bits per heavy atom. The maximum atomic E-state index is 13.3. The number of benzene rings is 1. The summed E-state index contributed by atoms with van der Waals surface area (Å²) >= 11 is 0. The Hall–Kier alpha value is -2.86. The van der Waals surface area contributed by atoms with Gasteiger partial charge in [0.05, 0.1) is 12.8 Å². The predicted octanol–water partition coefficient (Wildman–Crippen LogP) is 4.82. The predicted molar refractivity (Wildman–Crippen MR) is 115 cm³/mol. The molecule has 6 nitrogen and oxygen atoms in total. The van der Waals surface area contributed by atoms with Crippen LogP contribution in [0.25, 0.3) is 11.0 Å². The Balaban J connectivity index is 1.42. The molecule has 1 saturated carbocycles. The first-order chi connectivity index (χ1) is 14.6. The lowest BCUT2D eigenvalue weighted by Gasteiger charge is -2.27. The fourth-order valence-electron chi connectivity index (χ4n) is 4.21. The number of carbonyl (C=O) groups excluding carboxylic acids is 1. The lowest BCUT2D eigenvalue weighted by molar-refractivity contribution is -0.134. The van der Waals surface area contributed by atoms with Gasteiger partial charge in [-0.3, -0.25) is 9.69 Å². The first-order valence-electron chi connectivity index (χ1n) is 10.7. The quantitative estimate of drug-likeness (QED) is 0.565. The van der Waals surface area contributed by atoms with E-state index in [0.29, 0.717) is 30.7 Å². The van der Waals surface area contributed by atoms with E-state index in [1.807, 2.05) is 42.5 Å². The average molecular weight is 405 g/mol. The van der Waals surface area contributed by atoms with Gasteiger partial charge < -0.3 is 8.83 Å². The van der Waals surface area contributed by atoms with Crippen LogP contribution in [0.2, 0.25) is 0 Å². The number of hydrogen-bond acceptors (Lipinski definition) is 5. The molecule has 30 heavy (non-hydrogen) atoms. The second-order valence-corrected chi connectivity index (χ2v) is 8.72. The first kappa shape index (κ1) is 19.1. The van der Waals surface area contributed by atoms with Crippen molar-refractivity contribution in [2.45, 2.75) is 45.2 Å². The monoisotopic (exact) mass is 405 g/mol. The Labute approximate surface area is 176 Å². The Morgan fingerprint density at radius 1 is 1.23 bits per heavy atom. The van der Waals surface area contributed by atoms with Gasteiger partial charge in [0, 0.05) is 24.4 Å². The molecule has 2 aliphatic rings. The van der Waals surface area contributed by atoms with Crippen molar-refractivity contribution < 1.29 is 13.6 Å². The molecule has 0 unspecified atom stereocenters. The molecule has 1 fully saturated rings. The van der Waals surface area contributed by atoms with Crippen LogP contribution in [0, 0.1) is 5.92 Å². The van der Waals surface area contributed by atoms with Gasteiger partial charge in [0.15, 0.2) is 5.76 Å². The first-order valence-corrected chi connectivity index (χ1v) is 10.7. The summed E-state index contributed by atoms with van der Waals surface area (Å²) in [5.74, 6) is 1.99. The molecule has 2 aromatic heterocycles. The fraction of sp³-hybridized carbons (Fsp3) is 0.417. The average Bonchev–Trinajstić information content (AvgIpc) is 3.12. The van der Waals surface area contributed by atoms with Crippen LogP contribution in [0.3, 0.4) is 0 Å². The smallest absolute Gasteiger partial charge is 0.257 e. The van der Waals surface area contributed by atoms with Gasteiger partial charge >= 0.3 is 0 Å². The summed E-state index contributed by atoms with van der Waals surface area (Å²) in [6.07, 6.45) is 4.57. The number of nitrogens with zero attached hydrogens (tertiary/aromatic N) is 3. The molecule has 1 aliphatic heterocycles. The standard InChI is InChI=1S/C24H27N3O3/c1-16(2)14-26(18-9-10-18)15-24(28)27-20(22-8-5-11-29-22)13-19(25-27)23-12-17-6-3-4-7-21(17)30-23/h3-8,11-12,16,18,20H,9-10,13-15H2,1-2H3/t20-/m1/s1. The Kier molecular flexibility index (Phi) is 4.95. The zero-order valence-corrected chi connectivity index (χ0v) is 17.5. The number of rotatable bonds is 7. The van der Waals surface area contributed by atoms with E-state index in [1.54, 1.807) is 11.3 Å². The molecule has 3 heterocycles. The van der Waals surface area contributed by atoms with E-state index in [9.17, 15) is 4.79 Å². The highest BCUT2D eigenvalue weighted by molar-refractivity contribution is 6.03. The molecule has 5 rings (SSSR count). The molecule has 0 N–H and O–H groups in total. The second kappa shape index (κ2) is 7.76. The molecule has 1 aliphatic carbocycles. The van der Waals surface area contributed by atoms with Gasteiger partial charge in [-0.05, 0) is 43.0 Å². The number of para-hydroxylation sites is 1. The number of hydrogen-bond donors (Lipinski definition) is 0. The van der Waals surface area contributed by atoms with Gasteiger partial charge in [-0.2, -0.15) is 5.10 Å². The maximum absolute atomic E-state index is 13.3. The third kappa shape index (κ3) is 3.79. The third-order valence-corrected chi connectivity index (χ3v) is 5.75. The van der Waals surface area contributed by atoms with E-state index < -0.39 is 0 Å². The SMILES string of the molecule is CC(C)CN(CC(=O)N1N=C(c2cc3ccccc3o2)C[C@@H]1c1ccco1)C1CC1. The molecule has 1 aromatic carbocycles. The van der Waals surface area contributed by atoms with Gasteiger partial charge in [-0.25, -0.2) is 5.01 Å². The third-order valence-electron chi connectivity index (χ3n) is 5.75. The number of amides is 1. The van der Waals surface area contributed by atoms with Gasteiger partial charge in [0.2, 0.25) is 0 Å². The van der Waals surface area contributed by atoms with E-state index in [4.69, 9.17) is 13.9 Å². The molecular weight excluding hydrogens is 378 g/mol. The molecule has 156 valence electrons. The van der Waals surface area contributed by atoms with Gasteiger partial charge in [0.25, 0.3) is 5.91 Å². The zero-order valence-electron chi connectivity index (χ0n) is 17.5. The zero-order chi connectivity index (χ0) is 20.7. The Morgan fingerprint density at radius 2 is 2.07 bits per heavy atom. The number of fused-ring (bicyclic) bond motifs is 1. The number of hydrazone groups is 1. The van der Waals surface area contributed by atoms with Crippen molar-refractivity contribution in [3.05, 3.63) is 60.2 Å². The maximum Gasteiger partial charge on any atom is 0.257 e. The number of furan rings is 2. The highest BCUT2D eigenvalue weighted by Crippen LogP contribution is 2.35. The van der Waals surface area contributed by atoms with Crippen LogP contribution in [-0.4, -0.2) is 40.7 Å². The van der Waals surface area contributed by atoms with Gasteiger partial charge in [0.1, 0.15) is 23.1 Å². The van der Waals surface area contributed by atoms with Crippen LogP contribution in [-0.2, 0) is 4.79 Å². The minimum atomic E-state index is -0.240. The molecule has 0 saturated heterocycles. The highest BCUT2D eigenvalue weighted by Gasteiger charge is 2.38. The van der Waals surface area contributed by atoms with Gasteiger partial charge in [-0.15, -0.1) is 0 Å². The molecule has 3 aromatic rings. The molecule has 1 amide bonds. The largest absolute Gasteiger partial charge is 0.467 e. The van der Waals surface area contributed by atoms with Crippen LogP contribution < -0.4 is 0 Å². The molecule has 1 atom stereocenters. The van der Waals surface area contributed by atoms with E-state index in [2.05, 4.69) is 18.7 Å². The lowest BCUT2D eigenvalue weighted by Crippen LogP contribution is -2.40. The summed E-state index contributed by atoms with van der Waals surface area (Å²) in [5.41, 5.74) is 1.61.